The summed E-state index contributed by atoms with van der Waals surface area (Å²) in [6.45, 7) is 13.8. The number of ether oxygens (including phenoxy) is 1. The van der Waals surface area contributed by atoms with Crippen molar-refractivity contribution in [2.75, 3.05) is 6.54 Å². The lowest BCUT2D eigenvalue weighted by molar-refractivity contribution is -0.159. The van der Waals surface area contributed by atoms with Crippen molar-refractivity contribution < 1.29 is 24.2 Å². The third-order valence-corrected chi connectivity index (χ3v) is 12.3. The van der Waals surface area contributed by atoms with Crippen LogP contribution in [0, 0.1) is 5.92 Å². The van der Waals surface area contributed by atoms with Gasteiger partial charge in [0, 0.05) is 6.20 Å². The first-order chi connectivity index (χ1) is 23.1. The van der Waals surface area contributed by atoms with Crippen molar-refractivity contribution >= 4 is 60.9 Å². The molecule has 3 aromatic carbocycles. The second kappa shape index (κ2) is 15.0. The fraction of sp³-hybridized carbons (Fsp3) is 0.368. The number of carbonyl (C=O) groups is 3. The molecule has 5 rings (SSSR count). The van der Waals surface area contributed by atoms with Gasteiger partial charge in [-0.3, -0.25) is 14.4 Å². The quantitative estimate of drug-likeness (QED) is 0.0910. The van der Waals surface area contributed by atoms with Crippen LogP contribution in [0.4, 0.5) is 0 Å². The maximum atomic E-state index is 13.6. The molecular weight excluding hydrogens is 675 g/mol. The molecule has 1 fully saturated rings. The molecule has 49 heavy (non-hydrogen) atoms. The van der Waals surface area contributed by atoms with Crippen LogP contribution in [0.15, 0.2) is 82.8 Å². The number of esters is 1. The maximum absolute atomic E-state index is 13.6. The number of para-hydroxylation sites is 1. The van der Waals surface area contributed by atoms with E-state index in [1.807, 2.05) is 115 Å². The van der Waals surface area contributed by atoms with Crippen molar-refractivity contribution in [3.63, 3.8) is 0 Å². The minimum absolute atomic E-state index is 0.0153. The number of rotatable bonds is 11. The Morgan fingerprint density at radius 2 is 1.61 bits per heavy atom. The van der Waals surface area contributed by atoms with Gasteiger partial charge < -0.3 is 20.1 Å². The molecule has 0 spiro atoms. The summed E-state index contributed by atoms with van der Waals surface area (Å²) in [5, 5.41) is 13.5. The van der Waals surface area contributed by atoms with Crippen LogP contribution in [0.2, 0.25) is 0 Å². The van der Waals surface area contributed by atoms with Gasteiger partial charge in [0.15, 0.2) is 4.34 Å². The van der Waals surface area contributed by atoms with Crippen LogP contribution in [0.25, 0.3) is 10.2 Å². The van der Waals surface area contributed by atoms with Gasteiger partial charge in [-0.25, -0.2) is 4.98 Å². The number of carbonyl (C=O) groups excluding carboxylic acids is 3. The van der Waals surface area contributed by atoms with Gasteiger partial charge in [0.25, 0.3) is 0 Å². The average molecular weight is 718 g/mol. The standard InChI is InChI=1S/C38H43N3O5S3/c1-23(20-39-30(42)19-24-13-9-8-10-14-24)32-34(45)41(35(32)48-49-36-40-28-15-11-12-16-29(28)47-36)21-31(43)46-22-25-17-26(37(2,3)4)33(44)27(18-25)38(5,6)7/h8-18,20,32,35,44H,19,21-22H2,1-7H3,(H,39,42). The van der Waals surface area contributed by atoms with Crippen molar-refractivity contribution in [3.05, 3.63) is 101 Å². The number of phenols is 1. The van der Waals surface area contributed by atoms with E-state index >= 15 is 0 Å². The van der Waals surface area contributed by atoms with Crippen molar-refractivity contribution in [3.8, 4) is 5.75 Å². The summed E-state index contributed by atoms with van der Waals surface area (Å²) < 4.78 is 7.65. The lowest BCUT2D eigenvalue weighted by Gasteiger charge is -2.46. The lowest BCUT2D eigenvalue weighted by Crippen LogP contribution is -2.61. The highest BCUT2D eigenvalue weighted by Gasteiger charge is 2.49. The third kappa shape index (κ3) is 8.87. The number of aromatic hydroxyl groups is 1. The molecule has 2 heterocycles. The molecule has 0 radical (unpaired) electrons. The zero-order chi connectivity index (χ0) is 35.5. The van der Waals surface area contributed by atoms with Crippen LogP contribution < -0.4 is 5.32 Å². The van der Waals surface area contributed by atoms with Crippen LogP contribution in [-0.4, -0.2) is 44.7 Å². The lowest BCUT2D eigenvalue weighted by atomic mass is 9.78. The SMILES string of the molecule is CC(=CNC(=O)Cc1ccccc1)C1C(=O)N(CC(=O)OCc2cc(C(C)(C)C)c(O)c(C(C)(C)C)c2)C1SSc1nc2ccccc2s1. The Hall–Kier alpha value is -3.80. The number of aromatic nitrogens is 1. The molecule has 0 bridgehead atoms. The highest BCUT2D eigenvalue weighted by molar-refractivity contribution is 8.77. The molecule has 2 N–H and O–H groups in total. The molecule has 1 aliphatic heterocycles. The predicted molar refractivity (Wildman–Crippen MR) is 199 cm³/mol. The Labute approximate surface area is 300 Å². The van der Waals surface area contributed by atoms with Crippen LogP contribution in [0.5, 0.6) is 5.75 Å². The van der Waals surface area contributed by atoms with E-state index in [0.29, 0.717) is 5.57 Å². The van der Waals surface area contributed by atoms with Gasteiger partial charge in [-0.15, -0.1) is 11.3 Å². The molecule has 2 atom stereocenters. The predicted octanol–water partition coefficient (Wildman–Crippen LogP) is 8.13. The van der Waals surface area contributed by atoms with Gasteiger partial charge in [-0.05, 0) is 80.6 Å². The largest absolute Gasteiger partial charge is 0.507 e. The van der Waals surface area contributed by atoms with Crippen molar-refractivity contribution in [1.29, 1.82) is 0 Å². The van der Waals surface area contributed by atoms with E-state index < -0.39 is 11.9 Å². The van der Waals surface area contributed by atoms with E-state index in [1.165, 1.54) is 26.5 Å². The van der Waals surface area contributed by atoms with E-state index in [1.54, 1.807) is 17.5 Å². The van der Waals surface area contributed by atoms with Crippen molar-refractivity contribution in [1.82, 2.24) is 15.2 Å². The minimum Gasteiger partial charge on any atom is -0.507 e. The fourth-order valence-electron chi connectivity index (χ4n) is 5.58. The van der Waals surface area contributed by atoms with Crippen LogP contribution in [0.1, 0.15) is 70.7 Å². The molecule has 8 nitrogen and oxygen atoms in total. The molecule has 0 saturated carbocycles. The summed E-state index contributed by atoms with van der Waals surface area (Å²) in [5.41, 5.74) is 4.21. The number of benzene rings is 3. The number of likely N-dealkylation sites (tertiary alicyclic amines) is 1. The summed E-state index contributed by atoms with van der Waals surface area (Å²) in [7, 11) is 2.93. The third-order valence-electron chi connectivity index (χ3n) is 8.28. The Morgan fingerprint density at radius 3 is 2.24 bits per heavy atom. The summed E-state index contributed by atoms with van der Waals surface area (Å²) in [6.07, 6.45) is 1.83. The molecule has 4 aromatic rings. The number of nitrogens with zero attached hydrogens (tertiary/aromatic N) is 2. The Bertz CT molecular complexity index is 1810. The van der Waals surface area contributed by atoms with E-state index in [0.717, 1.165) is 36.8 Å². The van der Waals surface area contributed by atoms with Crippen molar-refractivity contribution in [2.45, 2.75) is 82.0 Å². The Kier molecular flexibility index (Phi) is 11.2. The van der Waals surface area contributed by atoms with E-state index in [2.05, 4.69) is 5.32 Å². The van der Waals surface area contributed by atoms with Crippen LogP contribution >= 0.6 is 32.9 Å². The number of hydrogen-bond donors (Lipinski definition) is 2. The highest BCUT2D eigenvalue weighted by Crippen LogP contribution is 2.48. The smallest absolute Gasteiger partial charge is 0.326 e. The van der Waals surface area contributed by atoms with Gasteiger partial charge in [0.05, 0.1) is 22.6 Å². The van der Waals surface area contributed by atoms with Gasteiger partial charge in [-0.2, -0.15) is 0 Å². The molecule has 1 saturated heterocycles. The van der Waals surface area contributed by atoms with E-state index in [4.69, 9.17) is 9.72 Å². The molecule has 0 aliphatic carbocycles. The average Bonchev–Trinajstić information content (AvgIpc) is 3.46. The number of hydrogen-bond acceptors (Lipinski definition) is 9. The molecule has 1 aromatic heterocycles. The summed E-state index contributed by atoms with van der Waals surface area (Å²) in [6, 6.07) is 21.1. The monoisotopic (exact) mass is 717 g/mol. The van der Waals surface area contributed by atoms with Crippen LogP contribution in [-0.2, 0) is 43.0 Å². The zero-order valence-electron chi connectivity index (χ0n) is 28.9. The highest BCUT2D eigenvalue weighted by atomic mass is 33.1. The molecule has 11 heteroatoms. The van der Waals surface area contributed by atoms with Gasteiger partial charge in [0.1, 0.15) is 24.3 Å². The number of nitrogens with one attached hydrogen (secondary N) is 1. The molecular formula is C38H43N3O5S3. The topological polar surface area (TPSA) is 109 Å². The Morgan fingerprint density at radius 1 is 0.980 bits per heavy atom. The molecule has 1 aliphatic rings. The fourth-order valence-corrected chi connectivity index (χ4v) is 9.68. The first-order valence-electron chi connectivity index (χ1n) is 16.1. The first kappa shape index (κ1) is 36.5. The van der Waals surface area contributed by atoms with Gasteiger partial charge in [-0.1, -0.05) is 94.8 Å². The van der Waals surface area contributed by atoms with E-state index in [-0.39, 0.29) is 53.3 Å². The molecule has 258 valence electrons. The van der Waals surface area contributed by atoms with Gasteiger partial charge in [0.2, 0.25) is 11.8 Å². The first-order valence-corrected chi connectivity index (χ1v) is 19.2. The van der Waals surface area contributed by atoms with E-state index in [9.17, 15) is 19.5 Å². The molecule has 2 unspecified atom stereocenters. The summed E-state index contributed by atoms with van der Waals surface area (Å²) >= 11 is 1.57. The van der Waals surface area contributed by atoms with Crippen molar-refractivity contribution in [2.24, 2.45) is 5.92 Å². The number of thiazole rings is 1. The summed E-state index contributed by atoms with van der Waals surface area (Å²) in [5.74, 6) is -1.18. The zero-order valence-corrected chi connectivity index (χ0v) is 31.4. The van der Waals surface area contributed by atoms with Gasteiger partial charge >= 0.3 is 5.97 Å². The second-order valence-corrected chi connectivity index (χ2v) is 17.9. The normalized spacial score (nSPS) is 16.8. The Balaban J connectivity index is 1.29. The van der Waals surface area contributed by atoms with Crippen LogP contribution in [0.3, 0.4) is 0 Å². The number of β-lactam (4-membered cyclic amide) rings is 1. The number of amides is 2. The molecule has 2 amide bonds. The second-order valence-electron chi connectivity index (χ2n) is 14.3. The number of phenolic OH excluding ortho intramolecular Hbond substituents is 1. The number of fused-ring (bicyclic) bond motifs is 1. The summed E-state index contributed by atoms with van der Waals surface area (Å²) in [4.78, 5) is 45.7. The minimum atomic E-state index is -0.530. The maximum Gasteiger partial charge on any atom is 0.326 e.